The normalized spacial score (nSPS) is 20.7. The molecule has 1 amide bonds. The van der Waals surface area contributed by atoms with Crippen molar-refractivity contribution in [1.82, 2.24) is 14.7 Å². The number of thiophene rings is 1. The summed E-state index contributed by atoms with van der Waals surface area (Å²) in [6.45, 7) is 3.79. The van der Waals surface area contributed by atoms with Gasteiger partial charge in [0.25, 0.3) is 0 Å². The van der Waals surface area contributed by atoms with Gasteiger partial charge in [-0.2, -0.15) is 16.4 Å². The fourth-order valence-electron chi connectivity index (χ4n) is 3.19. The second-order valence-corrected chi connectivity index (χ2v) is 7.71. The molecule has 1 unspecified atom stereocenters. The predicted octanol–water partition coefficient (Wildman–Crippen LogP) is 2.57. The number of rotatable bonds is 6. The van der Waals surface area contributed by atoms with Gasteiger partial charge in [0.2, 0.25) is 5.91 Å². The van der Waals surface area contributed by atoms with Gasteiger partial charge >= 0.3 is 0 Å². The number of amides is 1. The molecule has 0 aromatic carbocycles. The zero-order valence-corrected chi connectivity index (χ0v) is 14.6. The Labute approximate surface area is 146 Å². The molecule has 2 aromatic rings. The van der Waals surface area contributed by atoms with Gasteiger partial charge in [-0.1, -0.05) is 0 Å². The summed E-state index contributed by atoms with van der Waals surface area (Å²) in [7, 11) is 0. The van der Waals surface area contributed by atoms with E-state index >= 15 is 0 Å². The van der Waals surface area contributed by atoms with Crippen molar-refractivity contribution in [2.45, 2.75) is 32.4 Å². The number of aromatic nitrogens is 2. The molecule has 3 heterocycles. The number of carbonyl (C=O) groups excluding carboxylic acids is 1. The lowest BCUT2D eigenvalue weighted by Crippen LogP contribution is -2.36. The molecule has 4 rings (SSSR count). The van der Waals surface area contributed by atoms with Crippen LogP contribution in [0.15, 0.2) is 29.1 Å². The maximum absolute atomic E-state index is 12.7. The van der Waals surface area contributed by atoms with Gasteiger partial charge in [0, 0.05) is 31.8 Å². The molecule has 5 nitrogen and oxygen atoms in total. The molecule has 1 atom stereocenters. The molecular formula is C18H23N3O2S. The Bertz CT molecular complexity index is 678. The van der Waals surface area contributed by atoms with Crippen LogP contribution in [0, 0.1) is 11.8 Å². The Morgan fingerprint density at radius 2 is 2.12 bits per heavy atom. The first-order valence-corrected chi connectivity index (χ1v) is 9.59. The molecule has 1 aliphatic carbocycles. The highest BCUT2D eigenvalue weighted by Gasteiger charge is 2.27. The lowest BCUT2D eigenvalue weighted by Gasteiger charge is -2.24. The van der Waals surface area contributed by atoms with E-state index in [4.69, 9.17) is 4.74 Å². The Hall–Kier alpha value is -1.66. The Kier molecular flexibility index (Phi) is 4.67. The summed E-state index contributed by atoms with van der Waals surface area (Å²) in [5, 5.41) is 8.49. The molecule has 2 aromatic heterocycles. The lowest BCUT2D eigenvalue weighted by atomic mass is 10.1. The molecule has 6 heteroatoms. The molecule has 1 aliphatic heterocycles. The molecule has 128 valence electrons. The first kappa shape index (κ1) is 15.8. The van der Waals surface area contributed by atoms with Gasteiger partial charge in [-0.25, -0.2) is 0 Å². The minimum absolute atomic E-state index is 0.190. The highest BCUT2D eigenvalue weighted by atomic mass is 32.1. The average Bonchev–Trinajstić information content (AvgIpc) is 3.13. The van der Waals surface area contributed by atoms with Gasteiger partial charge in [-0.15, -0.1) is 0 Å². The van der Waals surface area contributed by atoms with E-state index in [0.717, 1.165) is 36.9 Å². The van der Waals surface area contributed by atoms with Crippen molar-refractivity contribution in [2.24, 2.45) is 11.8 Å². The van der Waals surface area contributed by atoms with Crippen LogP contribution in [0.1, 0.15) is 24.1 Å². The quantitative estimate of drug-likeness (QED) is 0.808. The number of hydrogen-bond donors (Lipinski definition) is 0. The molecule has 0 spiro atoms. The van der Waals surface area contributed by atoms with Crippen LogP contribution in [-0.4, -0.2) is 40.3 Å². The summed E-state index contributed by atoms with van der Waals surface area (Å²) < 4.78 is 7.93. The Morgan fingerprint density at radius 3 is 2.92 bits per heavy atom. The van der Waals surface area contributed by atoms with Crippen LogP contribution in [-0.2, 0) is 29.0 Å². The summed E-state index contributed by atoms with van der Waals surface area (Å²) in [6.07, 6.45) is 4.91. The van der Waals surface area contributed by atoms with Crippen LogP contribution >= 0.6 is 11.3 Å². The number of carbonyl (C=O) groups is 1. The van der Waals surface area contributed by atoms with Crippen molar-refractivity contribution in [3.63, 3.8) is 0 Å². The smallest absolute Gasteiger partial charge is 0.227 e. The SMILES string of the molecule is O=C(Cc1ccsc1)N1Cc2ccnn2CC(COCC2CC2)C1. The van der Waals surface area contributed by atoms with Crippen LogP contribution < -0.4 is 0 Å². The van der Waals surface area contributed by atoms with E-state index in [1.54, 1.807) is 11.3 Å². The van der Waals surface area contributed by atoms with Gasteiger partial charge in [0.15, 0.2) is 0 Å². The number of fused-ring (bicyclic) bond motifs is 1. The van der Waals surface area contributed by atoms with E-state index in [9.17, 15) is 4.79 Å². The van der Waals surface area contributed by atoms with E-state index in [-0.39, 0.29) is 5.91 Å². The molecule has 0 N–H and O–H groups in total. The molecule has 0 bridgehead atoms. The summed E-state index contributed by atoms with van der Waals surface area (Å²) in [4.78, 5) is 14.7. The minimum atomic E-state index is 0.190. The van der Waals surface area contributed by atoms with E-state index in [0.29, 0.717) is 25.5 Å². The third-order valence-corrected chi connectivity index (χ3v) is 5.49. The van der Waals surface area contributed by atoms with Gasteiger partial charge < -0.3 is 9.64 Å². The standard InChI is InChI=1S/C18H23N3O2S/c22-18(7-15-4-6-24-13-15)20-8-16(12-23-11-14-1-2-14)9-21-17(10-20)3-5-19-21/h3-6,13-14,16H,1-2,7-12H2. The first-order chi connectivity index (χ1) is 11.8. The maximum Gasteiger partial charge on any atom is 0.227 e. The van der Waals surface area contributed by atoms with Crippen LogP contribution in [0.25, 0.3) is 0 Å². The first-order valence-electron chi connectivity index (χ1n) is 8.65. The van der Waals surface area contributed by atoms with E-state index < -0.39 is 0 Å². The fraction of sp³-hybridized carbons (Fsp3) is 0.556. The summed E-state index contributed by atoms with van der Waals surface area (Å²) in [5.74, 6) is 1.26. The Balaban J connectivity index is 1.42. The molecule has 2 aliphatic rings. The van der Waals surface area contributed by atoms with Gasteiger partial charge in [0.1, 0.15) is 0 Å². The van der Waals surface area contributed by atoms with Gasteiger partial charge in [-0.3, -0.25) is 9.48 Å². The summed E-state index contributed by atoms with van der Waals surface area (Å²) in [5.41, 5.74) is 2.21. The van der Waals surface area contributed by atoms with Crippen molar-refractivity contribution in [3.05, 3.63) is 40.3 Å². The zero-order valence-electron chi connectivity index (χ0n) is 13.8. The zero-order chi connectivity index (χ0) is 16.4. The fourth-order valence-corrected chi connectivity index (χ4v) is 3.86. The molecule has 1 fully saturated rings. The highest BCUT2D eigenvalue weighted by Crippen LogP contribution is 2.29. The largest absolute Gasteiger partial charge is 0.381 e. The molecule has 24 heavy (non-hydrogen) atoms. The predicted molar refractivity (Wildman–Crippen MR) is 92.7 cm³/mol. The number of ether oxygens (including phenoxy) is 1. The van der Waals surface area contributed by atoms with E-state index in [2.05, 4.69) is 10.5 Å². The van der Waals surface area contributed by atoms with Crippen LogP contribution in [0.5, 0.6) is 0 Å². The average molecular weight is 345 g/mol. The van der Waals surface area contributed by atoms with Gasteiger partial charge in [0.05, 0.1) is 25.3 Å². The molecular weight excluding hydrogens is 322 g/mol. The maximum atomic E-state index is 12.7. The monoisotopic (exact) mass is 345 g/mol. The minimum Gasteiger partial charge on any atom is -0.381 e. The second kappa shape index (κ2) is 7.07. The topological polar surface area (TPSA) is 47.4 Å². The molecule has 0 radical (unpaired) electrons. The van der Waals surface area contributed by atoms with Gasteiger partial charge in [-0.05, 0) is 47.2 Å². The van der Waals surface area contributed by atoms with E-state index in [1.165, 1.54) is 12.8 Å². The third-order valence-electron chi connectivity index (χ3n) is 4.76. The Morgan fingerprint density at radius 1 is 1.25 bits per heavy atom. The van der Waals surface area contributed by atoms with Crippen molar-refractivity contribution in [3.8, 4) is 0 Å². The number of hydrogen-bond acceptors (Lipinski definition) is 4. The summed E-state index contributed by atoms with van der Waals surface area (Å²) in [6, 6.07) is 4.04. The van der Waals surface area contributed by atoms with E-state index in [1.807, 2.05) is 33.3 Å². The van der Waals surface area contributed by atoms with Crippen LogP contribution in [0.2, 0.25) is 0 Å². The van der Waals surface area contributed by atoms with Crippen LogP contribution in [0.3, 0.4) is 0 Å². The lowest BCUT2D eigenvalue weighted by molar-refractivity contribution is -0.131. The van der Waals surface area contributed by atoms with Crippen molar-refractivity contribution < 1.29 is 9.53 Å². The highest BCUT2D eigenvalue weighted by molar-refractivity contribution is 7.07. The molecule has 1 saturated carbocycles. The van der Waals surface area contributed by atoms with Crippen molar-refractivity contribution in [1.29, 1.82) is 0 Å². The second-order valence-electron chi connectivity index (χ2n) is 6.93. The number of nitrogens with zero attached hydrogens (tertiary/aromatic N) is 3. The third kappa shape index (κ3) is 3.87. The summed E-state index contributed by atoms with van der Waals surface area (Å²) >= 11 is 1.64. The van der Waals surface area contributed by atoms with Crippen LogP contribution in [0.4, 0.5) is 0 Å². The van der Waals surface area contributed by atoms with Crippen molar-refractivity contribution in [2.75, 3.05) is 19.8 Å². The molecule has 0 saturated heterocycles. The van der Waals surface area contributed by atoms with Crippen molar-refractivity contribution >= 4 is 17.2 Å².